The molecule has 0 spiro atoms. The summed E-state index contributed by atoms with van der Waals surface area (Å²) in [5, 5.41) is 3.80. The highest BCUT2D eigenvalue weighted by Gasteiger charge is 2.16. The van der Waals surface area contributed by atoms with Crippen LogP contribution in [0.5, 0.6) is 0 Å². The van der Waals surface area contributed by atoms with Gasteiger partial charge in [-0.3, -0.25) is 10.1 Å². The Labute approximate surface area is 158 Å². The lowest BCUT2D eigenvalue weighted by Gasteiger charge is -2.03. The number of pyridine rings is 1. The van der Waals surface area contributed by atoms with Gasteiger partial charge in [0.15, 0.2) is 5.13 Å². The number of esters is 1. The number of halogens is 1. The number of hydrogen-bond acceptors (Lipinski definition) is 6. The first kappa shape index (κ1) is 18.0. The van der Waals surface area contributed by atoms with Gasteiger partial charge in [0.2, 0.25) is 0 Å². The van der Waals surface area contributed by atoms with Crippen molar-refractivity contribution >= 4 is 39.9 Å². The van der Waals surface area contributed by atoms with Crippen molar-refractivity contribution in [3.05, 3.63) is 63.8 Å². The number of nitrogens with zero attached hydrogens (tertiary/aromatic N) is 2. The van der Waals surface area contributed by atoms with Crippen LogP contribution in [0.1, 0.15) is 25.9 Å². The number of hydrogen-bond donors (Lipinski definition) is 1. The fourth-order valence-corrected chi connectivity index (χ4v) is 3.22. The van der Waals surface area contributed by atoms with Crippen molar-refractivity contribution < 1.29 is 14.3 Å². The largest absolute Gasteiger partial charge is 0.464 e. The summed E-state index contributed by atoms with van der Waals surface area (Å²) >= 11 is 7.27. The zero-order valence-electron chi connectivity index (χ0n) is 13.9. The third-order valence-corrected chi connectivity index (χ3v) is 4.65. The van der Waals surface area contributed by atoms with Crippen LogP contribution >= 0.6 is 22.9 Å². The van der Waals surface area contributed by atoms with E-state index in [-0.39, 0.29) is 11.4 Å². The van der Waals surface area contributed by atoms with E-state index < -0.39 is 11.9 Å². The molecule has 3 aromatic rings. The molecule has 0 fully saturated rings. The molecule has 26 heavy (non-hydrogen) atoms. The van der Waals surface area contributed by atoms with E-state index in [1.54, 1.807) is 18.2 Å². The van der Waals surface area contributed by atoms with E-state index >= 15 is 0 Å². The third kappa shape index (κ3) is 3.89. The summed E-state index contributed by atoms with van der Waals surface area (Å²) in [7, 11) is 1.26. The summed E-state index contributed by atoms with van der Waals surface area (Å²) in [4.78, 5) is 33.4. The highest BCUT2D eigenvalue weighted by atomic mass is 35.5. The Morgan fingerprint density at radius 2 is 1.77 bits per heavy atom. The molecule has 1 amide bonds. The number of carbonyl (C=O) groups excluding carboxylic acids is 2. The van der Waals surface area contributed by atoms with Crippen LogP contribution in [0.15, 0.2) is 42.5 Å². The third-order valence-electron chi connectivity index (χ3n) is 3.51. The van der Waals surface area contributed by atoms with Gasteiger partial charge in [-0.25, -0.2) is 14.8 Å². The van der Waals surface area contributed by atoms with E-state index in [4.69, 9.17) is 11.6 Å². The molecule has 3 rings (SSSR count). The number of thiazole rings is 1. The second-order valence-corrected chi connectivity index (χ2v) is 6.92. The number of benzene rings is 1. The maximum atomic E-state index is 12.4. The molecule has 8 heteroatoms. The lowest BCUT2D eigenvalue weighted by atomic mass is 10.1. The molecule has 2 aromatic heterocycles. The summed E-state index contributed by atoms with van der Waals surface area (Å²) in [6.45, 7) is 1.92. The molecule has 1 aromatic carbocycles. The monoisotopic (exact) mass is 387 g/mol. The summed E-state index contributed by atoms with van der Waals surface area (Å²) in [6.07, 6.45) is 0. The predicted molar refractivity (Wildman–Crippen MR) is 101 cm³/mol. The van der Waals surface area contributed by atoms with Crippen LogP contribution in [0.2, 0.25) is 5.02 Å². The molecule has 0 saturated heterocycles. The van der Waals surface area contributed by atoms with Crippen LogP contribution in [0, 0.1) is 6.92 Å². The lowest BCUT2D eigenvalue weighted by molar-refractivity contribution is 0.0594. The zero-order valence-corrected chi connectivity index (χ0v) is 15.5. The average molecular weight is 388 g/mol. The molecule has 0 atom stereocenters. The Hall–Kier alpha value is -2.77. The first-order chi connectivity index (χ1) is 12.5. The predicted octanol–water partition coefficient (Wildman–Crippen LogP) is 4.21. The minimum atomic E-state index is -0.602. The SMILES string of the molecule is COC(=O)c1cccc(C(=O)Nc2nc(-c3ccc(Cl)cc3)c(C)s2)n1. The Morgan fingerprint density at radius 1 is 1.08 bits per heavy atom. The number of ether oxygens (including phenoxy) is 1. The number of anilines is 1. The average Bonchev–Trinajstić information content (AvgIpc) is 3.01. The Bertz CT molecular complexity index is 970. The van der Waals surface area contributed by atoms with Crippen molar-refractivity contribution in [1.29, 1.82) is 0 Å². The van der Waals surface area contributed by atoms with Crippen molar-refractivity contribution in [3.8, 4) is 11.3 Å². The van der Waals surface area contributed by atoms with E-state index in [1.807, 2.05) is 19.1 Å². The number of methoxy groups -OCH3 is 1. The fourth-order valence-electron chi connectivity index (χ4n) is 2.27. The lowest BCUT2D eigenvalue weighted by Crippen LogP contribution is -2.15. The zero-order chi connectivity index (χ0) is 18.7. The summed E-state index contributed by atoms with van der Waals surface area (Å²) < 4.78 is 4.61. The van der Waals surface area contributed by atoms with Gasteiger partial charge < -0.3 is 4.74 Å². The standard InChI is InChI=1S/C18H14ClN3O3S/c1-10-15(11-6-8-12(19)9-7-11)21-18(26-10)22-16(23)13-4-3-5-14(20-13)17(24)25-2/h3-9H,1-2H3,(H,21,22,23). The normalized spacial score (nSPS) is 10.4. The molecule has 0 aliphatic heterocycles. The highest BCUT2D eigenvalue weighted by Crippen LogP contribution is 2.31. The van der Waals surface area contributed by atoms with Gasteiger partial charge in [-0.05, 0) is 31.2 Å². The maximum absolute atomic E-state index is 12.4. The number of carbonyl (C=O) groups is 2. The molecule has 2 heterocycles. The number of rotatable bonds is 4. The van der Waals surface area contributed by atoms with Crippen LogP contribution in [0.4, 0.5) is 5.13 Å². The van der Waals surface area contributed by atoms with E-state index in [2.05, 4.69) is 20.0 Å². The van der Waals surface area contributed by atoms with Crippen molar-refractivity contribution in [2.75, 3.05) is 12.4 Å². The Morgan fingerprint density at radius 3 is 2.46 bits per heavy atom. The summed E-state index contributed by atoms with van der Waals surface area (Å²) in [5.74, 6) is -1.05. The quantitative estimate of drug-likeness (QED) is 0.678. The van der Waals surface area contributed by atoms with Gasteiger partial charge in [0.1, 0.15) is 11.4 Å². The molecule has 0 unspecified atom stereocenters. The Kier molecular flexibility index (Phi) is 5.29. The van der Waals surface area contributed by atoms with Crippen LogP contribution in [-0.4, -0.2) is 29.0 Å². The van der Waals surface area contributed by atoms with Crippen molar-refractivity contribution in [1.82, 2.24) is 9.97 Å². The van der Waals surface area contributed by atoms with Gasteiger partial charge in [-0.15, -0.1) is 11.3 Å². The minimum absolute atomic E-state index is 0.0670. The second kappa shape index (κ2) is 7.63. The molecule has 0 radical (unpaired) electrons. The van der Waals surface area contributed by atoms with Crippen LogP contribution in [-0.2, 0) is 4.74 Å². The number of aryl methyl sites for hydroxylation is 1. The molecule has 132 valence electrons. The van der Waals surface area contributed by atoms with Gasteiger partial charge in [0, 0.05) is 15.5 Å². The van der Waals surface area contributed by atoms with Gasteiger partial charge >= 0.3 is 5.97 Å². The van der Waals surface area contributed by atoms with E-state index in [1.165, 1.54) is 30.6 Å². The van der Waals surface area contributed by atoms with Crippen molar-refractivity contribution in [2.45, 2.75) is 6.92 Å². The first-order valence-electron chi connectivity index (χ1n) is 7.58. The van der Waals surface area contributed by atoms with Crippen LogP contribution in [0.3, 0.4) is 0 Å². The molecular weight excluding hydrogens is 374 g/mol. The van der Waals surface area contributed by atoms with Crippen molar-refractivity contribution in [3.63, 3.8) is 0 Å². The highest BCUT2D eigenvalue weighted by molar-refractivity contribution is 7.16. The van der Waals surface area contributed by atoms with Crippen LogP contribution in [0.25, 0.3) is 11.3 Å². The van der Waals surface area contributed by atoms with Gasteiger partial charge in [-0.1, -0.05) is 29.8 Å². The minimum Gasteiger partial charge on any atom is -0.464 e. The van der Waals surface area contributed by atoms with E-state index in [0.717, 1.165) is 16.1 Å². The Balaban J connectivity index is 1.81. The number of amides is 1. The molecule has 6 nitrogen and oxygen atoms in total. The van der Waals surface area contributed by atoms with E-state index in [9.17, 15) is 9.59 Å². The fraction of sp³-hybridized carbons (Fsp3) is 0.111. The van der Waals surface area contributed by atoms with Gasteiger partial charge in [-0.2, -0.15) is 0 Å². The summed E-state index contributed by atoms with van der Waals surface area (Å²) in [6, 6.07) is 11.9. The first-order valence-corrected chi connectivity index (χ1v) is 8.77. The maximum Gasteiger partial charge on any atom is 0.356 e. The molecule has 1 N–H and O–H groups in total. The molecule has 0 saturated carbocycles. The number of aromatic nitrogens is 2. The summed E-state index contributed by atoms with van der Waals surface area (Å²) in [5.41, 5.74) is 1.86. The topological polar surface area (TPSA) is 81.2 Å². The van der Waals surface area contributed by atoms with Crippen LogP contribution < -0.4 is 5.32 Å². The van der Waals surface area contributed by atoms with Gasteiger partial charge in [0.25, 0.3) is 5.91 Å². The molecule has 0 bridgehead atoms. The molecule has 0 aliphatic carbocycles. The molecule has 0 aliphatic rings. The van der Waals surface area contributed by atoms with E-state index in [0.29, 0.717) is 10.2 Å². The second-order valence-electron chi connectivity index (χ2n) is 5.28. The van der Waals surface area contributed by atoms with Crippen molar-refractivity contribution in [2.24, 2.45) is 0 Å². The van der Waals surface area contributed by atoms with Gasteiger partial charge in [0.05, 0.1) is 12.8 Å². The molecular formula is C18H14ClN3O3S. The number of nitrogens with one attached hydrogen (secondary N) is 1. The smallest absolute Gasteiger partial charge is 0.356 e.